The number of thiocarbonyl (C=S) groups is 1. The van der Waals surface area contributed by atoms with E-state index >= 15 is 0 Å². The molecule has 6 nitrogen and oxygen atoms in total. The molecule has 0 aliphatic carbocycles. The normalized spacial score (nSPS) is 13.3. The third-order valence-electron chi connectivity index (χ3n) is 5.83. The minimum absolute atomic E-state index is 0.0852. The number of carbonyl (C=O) groups is 2. The molecule has 0 aromatic heterocycles. The summed E-state index contributed by atoms with van der Waals surface area (Å²) in [5.41, 5.74) is 3.92. The van der Waals surface area contributed by atoms with E-state index in [1.807, 2.05) is 60.4 Å². The molecule has 0 atom stereocenters. The van der Waals surface area contributed by atoms with Crippen LogP contribution >= 0.6 is 39.7 Å². The van der Waals surface area contributed by atoms with Gasteiger partial charge in [0.25, 0.3) is 11.8 Å². The van der Waals surface area contributed by atoms with Crippen molar-refractivity contribution in [3.05, 3.63) is 92.9 Å². The molecule has 0 spiro atoms. The van der Waals surface area contributed by atoms with Crippen LogP contribution in [0.25, 0.3) is 0 Å². The fraction of sp³-hybridized carbons (Fsp3) is 0.192. The SMILES string of the molecule is Cc1ccccc1C(=O)N1CCN(c2ccc(NC(=S)NC(=O)c3cc(Br)ccc3Cl)cc2)CC1. The van der Waals surface area contributed by atoms with Gasteiger partial charge in [0.1, 0.15) is 0 Å². The van der Waals surface area contributed by atoms with E-state index in [0.717, 1.165) is 40.1 Å². The van der Waals surface area contributed by atoms with Gasteiger partial charge in [-0.25, -0.2) is 0 Å². The number of anilines is 2. The first-order chi connectivity index (χ1) is 16.8. The smallest absolute Gasteiger partial charge is 0.258 e. The number of piperazine rings is 1. The van der Waals surface area contributed by atoms with Crippen molar-refractivity contribution in [2.45, 2.75) is 6.92 Å². The summed E-state index contributed by atoms with van der Waals surface area (Å²) in [6.07, 6.45) is 0. The molecule has 1 saturated heterocycles. The number of benzene rings is 3. The highest BCUT2D eigenvalue weighted by Crippen LogP contribution is 2.22. The molecule has 1 aliphatic rings. The van der Waals surface area contributed by atoms with Gasteiger partial charge >= 0.3 is 0 Å². The highest BCUT2D eigenvalue weighted by Gasteiger charge is 2.23. The Morgan fingerprint density at radius 1 is 0.943 bits per heavy atom. The first-order valence-corrected chi connectivity index (χ1v) is 12.7. The Labute approximate surface area is 223 Å². The van der Waals surface area contributed by atoms with Gasteiger partial charge in [-0.15, -0.1) is 0 Å². The van der Waals surface area contributed by atoms with Crippen LogP contribution in [0.2, 0.25) is 5.02 Å². The van der Waals surface area contributed by atoms with Gasteiger partial charge in [0, 0.05) is 47.6 Å². The van der Waals surface area contributed by atoms with E-state index in [9.17, 15) is 9.59 Å². The van der Waals surface area contributed by atoms with Crippen molar-refractivity contribution in [1.29, 1.82) is 0 Å². The number of nitrogens with zero attached hydrogens (tertiary/aromatic N) is 2. The van der Waals surface area contributed by atoms with Crippen molar-refractivity contribution in [2.75, 3.05) is 36.4 Å². The number of aryl methyl sites for hydroxylation is 1. The van der Waals surface area contributed by atoms with Crippen molar-refractivity contribution in [1.82, 2.24) is 10.2 Å². The van der Waals surface area contributed by atoms with Crippen LogP contribution < -0.4 is 15.5 Å². The summed E-state index contributed by atoms with van der Waals surface area (Å²) in [6, 6.07) is 20.6. The van der Waals surface area contributed by atoms with E-state index in [1.54, 1.807) is 18.2 Å². The number of rotatable bonds is 4. The van der Waals surface area contributed by atoms with E-state index in [4.69, 9.17) is 23.8 Å². The lowest BCUT2D eigenvalue weighted by atomic mass is 10.1. The lowest BCUT2D eigenvalue weighted by molar-refractivity contribution is 0.0746. The molecule has 0 radical (unpaired) electrons. The van der Waals surface area contributed by atoms with Crippen LogP contribution in [0.15, 0.2) is 71.2 Å². The van der Waals surface area contributed by atoms with Crippen molar-refractivity contribution in [2.24, 2.45) is 0 Å². The minimum Gasteiger partial charge on any atom is -0.368 e. The van der Waals surface area contributed by atoms with Crippen LogP contribution in [0.1, 0.15) is 26.3 Å². The monoisotopic (exact) mass is 570 g/mol. The Morgan fingerprint density at radius 2 is 1.63 bits per heavy atom. The fourth-order valence-electron chi connectivity index (χ4n) is 3.91. The fourth-order valence-corrected chi connectivity index (χ4v) is 4.69. The Balaban J connectivity index is 1.30. The molecule has 3 aromatic rings. The maximum atomic E-state index is 12.9. The number of hydrogen-bond donors (Lipinski definition) is 2. The molecule has 3 aromatic carbocycles. The molecule has 2 N–H and O–H groups in total. The zero-order chi connectivity index (χ0) is 24.9. The Hall–Kier alpha value is -2.94. The molecule has 0 bridgehead atoms. The van der Waals surface area contributed by atoms with Crippen LogP contribution in [0, 0.1) is 6.92 Å². The van der Waals surface area contributed by atoms with Gasteiger partial charge in [-0.05, 0) is 73.2 Å². The summed E-state index contributed by atoms with van der Waals surface area (Å²) >= 11 is 14.7. The maximum absolute atomic E-state index is 12.9. The summed E-state index contributed by atoms with van der Waals surface area (Å²) in [4.78, 5) is 29.5. The second kappa shape index (κ2) is 11.2. The van der Waals surface area contributed by atoms with Crippen molar-refractivity contribution >= 4 is 68.1 Å². The lowest BCUT2D eigenvalue weighted by Crippen LogP contribution is -2.48. The minimum atomic E-state index is -0.386. The summed E-state index contributed by atoms with van der Waals surface area (Å²) in [7, 11) is 0. The first kappa shape index (κ1) is 25.2. The zero-order valence-corrected chi connectivity index (χ0v) is 22.2. The third-order valence-corrected chi connectivity index (χ3v) is 6.86. The average Bonchev–Trinajstić information content (AvgIpc) is 2.86. The van der Waals surface area contributed by atoms with Gasteiger partial charge in [0.15, 0.2) is 5.11 Å². The molecule has 1 aliphatic heterocycles. The van der Waals surface area contributed by atoms with E-state index in [2.05, 4.69) is 31.5 Å². The zero-order valence-electron chi connectivity index (χ0n) is 19.1. The van der Waals surface area contributed by atoms with E-state index in [-0.39, 0.29) is 16.9 Å². The molecule has 1 fully saturated rings. The van der Waals surface area contributed by atoms with Crippen molar-refractivity contribution in [3.63, 3.8) is 0 Å². The van der Waals surface area contributed by atoms with Crippen LogP contribution in [0.5, 0.6) is 0 Å². The van der Waals surface area contributed by atoms with Gasteiger partial charge in [0.05, 0.1) is 10.6 Å². The quantitative estimate of drug-likeness (QED) is 0.405. The van der Waals surface area contributed by atoms with Gasteiger partial charge < -0.3 is 15.1 Å². The highest BCUT2D eigenvalue weighted by atomic mass is 79.9. The number of nitrogens with one attached hydrogen (secondary N) is 2. The molecular weight excluding hydrogens is 548 g/mol. The number of halogens is 2. The van der Waals surface area contributed by atoms with Gasteiger partial charge in [0.2, 0.25) is 0 Å². The number of amides is 2. The van der Waals surface area contributed by atoms with Crippen LogP contribution in [0.4, 0.5) is 11.4 Å². The van der Waals surface area contributed by atoms with E-state index in [0.29, 0.717) is 23.7 Å². The second-order valence-electron chi connectivity index (χ2n) is 8.17. The molecule has 180 valence electrons. The summed E-state index contributed by atoms with van der Waals surface area (Å²) in [6.45, 7) is 4.81. The Bertz CT molecular complexity index is 1260. The molecule has 1 heterocycles. The van der Waals surface area contributed by atoms with Crippen molar-refractivity contribution < 1.29 is 9.59 Å². The molecule has 35 heavy (non-hydrogen) atoms. The van der Waals surface area contributed by atoms with Crippen LogP contribution in [-0.4, -0.2) is 48.0 Å². The predicted molar refractivity (Wildman–Crippen MR) is 149 cm³/mol. The summed E-state index contributed by atoms with van der Waals surface area (Å²) in [5.74, 6) is -0.300. The van der Waals surface area contributed by atoms with Crippen LogP contribution in [-0.2, 0) is 0 Å². The molecule has 9 heteroatoms. The molecule has 0 unspecified atom stereocenters. The lowest BCUT2D eigenvalue weighted by Gasteiger charge is -2.36. The Morgan fingerprint density at radius 3 is 2.31 bits per heavy atom. The summed E-state index contributed by atoms with van der Waals surface area (Å²) < 4.78 is 0.752. The highest BCUT2D eigenvalue weighted by molar-refractivity contribution is 9.10. The predicted octanol–water partition coefficient (Wildman–Crippen LogP) is 5.50. The van der Waals surface area contributed by atoms with E-state index < -0.39 is 0 Å². The average molecular weight is 572 g/mol. The molecule has 4 rings (SSSR count). The Kier molecular flexibility index (Phi) is 8.05. The number of carbonyl (C=O) groups excluding carboxylic acids is 2. The van der Waals surface area contributed by atoms with Gasteiger partial charge in [-0.1, -0.05) is 45.7 Å². The topological polar surface area (TPSA) is 64.7 Å². The van der Waals surface area contributed by atoms with Crippen molar-refractivity contribution in [3.8, 4) is 0 Å². The summed E-state index contributed by atoms with van der Waals surface area (Å²) in [5, 5.41) is 6.21. The number of hydrogen-bond acceptors (Lipinski definition) is 4. The molecule has 0 saturated carbocycles. The van der Waals surface area contributed by atoms with Gasteiger partial charge in [-0.3, -0.25) is 14.9 Å². The largest absolute Gasteiger partial charge is 0.368 e. The second-order valence-corrected chi connectivity index (χ2v) is 9.90. The van der Waals surface area contributed by atoms with E-state index in [1.165, 1.54) is 0 Å². The maximum Gasteiger partial charge on any atom is 0.258 e. The van der Waals surface area contributed by atoms with Gasteiger partial charge in [-0.2, -0.15) is 0 Å². The molecular formula is C26H24BrClN4O2S. The molecule has 2 amide bonds. The van der Waals surface area contributed by atoms with Crippen LogP contribution in [0.3, 0.4) is 0 Å². The standard InChI is InChI=1S/C26H24BrClN4O2S/c1-17-4-2-3-5-21(17)25(34)32-14-12-31(13-15-32)20-9-7-19(8-10-20)29-26(35)30-24(33)22-16-18(27)6-11-23(22)28/h2-11,16H,12-15H2,1H3,(H2,29,30,33,35). The first-order valence-electron chi connectivity index (χ1n) is 11.1. The third kappa shape index (κ3) is 6.20.